The molecule has 1 heterocycles. The van der Waals surface area contributed by atoms with Gasteiger partial charge in [0.2, 0.25) is 0 Å². The molecule has 23 heavy (non-hydrogen) atoms. The Morgan fingerprint density at radius 2 is 1.61 bits per heavy atom. The average molecular weight is 312 g/mol. The first-order chi connectivity index (χ1) is 10.9. The zero-order chi connectivity index (χ0) is 16.5. The maximum atomic E-state index is 12.3. The summed E-state index contributed by atoms with van der Waals surface area (Å²) in [6.45, 7) is 3.32. The van der Waals surface area contributed by atoms with Gasteiger partial charge in [-0.15, -0.1) is 0 Å². The van der Waals surface area contributed by atoms with Crippen LogP contribution in [0.3, 0.4) is 0 Å². The molecular weight excluding hydrogens is 292 g/mol. The number of carbonyl (C=O) groups excluding carboxylic acids is 1. The third kappa shape index (κ3) is 2.75. The van der Waals surface area contributed by atoms with Crippen LogP contribution < -0.4 is 5.43 Å². The third-order valence-corrected chi connectivity index (χ3v) is 4.33. The van der Waals surface area contributed by atoms with Crippen molar-refractivity contribution >= 4 is 11.8 Å². The smallest absolute Gasteiger partial charge is 0.432 e. The van der Waals surface area contributed by atoms with Gasteiger partial charge in [0.1, 0.15) is 0 Å². The Balaban J connectivity index is 1.85. The quantitative estimate of drug-likeness (QED) is 0.910. The van der Waals surface area contributed by atoms with Gasteiger partial charge < -0.3 is 9.84 Å². The van der Waals surface area contributed by atoms with E-state index in [1.54, 1.807) is 13.8 Å². The standard InChI is InChI=1S/C18H20N2O3/c1-17(13-14-9-5-3-6-10-14)18(2,22)20(16(21)23-17)19-15-11-7-4-8-12-15/h3-12,19,22H,13H2,1-2H3/t17-,18+/m0/s1. The number of cyclic esters (lactones) is 1. The average Bonchev–Trinajstić information content (AvgIpc) is 2.69. The van der Waals surface area contributed by atoms with E-state index in [0.717, 1.165) is 10.6 Å². The maximum absolute atomic E-state index is 12.3. The molecule has 1 saturated heterocycles. The first kappa shape index (κ1) is 15.4. The highest BCUT2D eigenvalue weighted by Gasteiger charge is 2.60. The Morgan fingerprint density at radius 1 is 1.04 bits per heavy atom. The Labute approximate surface area is 135 Å². The van der Waals surface area contributed by atoms with Gasteiger partial charge in [0.15, 0.2) is 11.3 Å². The van der Waals surface area contributed by atoms with Crippen LogP contribution in [0.5, 0.6) is 0 Å². The van der Waals surface area contributed by atoms with Crippen LogP contribution in [-0.2, 0) is 11.2 Å². The van der Waals surface area contributed by atoms with E-state index in [4.69, 9.17) is 4.74 Å². The van der Waals surface area contributed by atoms with Gasteiger partial charge in [-0.2, -0.15) is 5.01 Å². The van der Waals surface area contributed by atoms with E-state index in [1.165, 1.54) is 0 Å². The summed E-state index contributed by atoms with van der Waals surface area (Å²) in [5.74, 6) is 0. The van der Waals surface area contributed by atoms with E-state index >= 15 is 0 Å². The minimum absolute atomic E-state index is 0.416. The molecule has 2 N–H and O–H groups in total. The van der Waals surface area contributed by atoms with Crippen molar-refractivity contribution in [2.45, 2.75) is 31.6 Å². The summed E-state index contributed by atoms with van der Waals surface area (Å²) < 4.78 is 5.53. The van der Waals surface area contributed by atoms with Crippen molar-refractivity contribution in [2.75, 3.05) is 5.43 Å². The number of aliphatic hydroxyl groups is 1. The van der Waals surface area contributed by atoms with Crippen LogP contribution in [0.15, 0.2) is 60.7 Å². The molecule has 5 nitrogen and oxygen atoms in total. The first-order valence-corrected chi connectivity index (χ1v) is 7.54. The third-order valence-electron chi connectivity index (χ3n) is 4.33. The molecule has 1 aliphatic heterocycles. The second-order valence-corrected chi connectivity index (χ2v) is 6.10. The van der Waals surface area contributed by atoms with Crippen LogP contribution in [0.1, 0.15) is 19.4 Å². The van der Waals surface area contributed by atoms with Crippen LogP contribution in [-0.4, -0.2) is 27.5 Å². The summed E-state index contributed by atoms with van der Waals surface area (Å²) in [4.78, 5) is 12.3. The van der Waals surface area contributed by atoms with Gasteiger partial charge >= 0.3 is 6.09 Å². The molecule has 1 amide bonds. The Kier molecular flexibility index (Phi) is 3.74. The lowest BCUT2D eigenvalue weighted by atomic mass is 9.87. The summed E-state index contributed by atoms with van der Waals surface area (Å²) in [7, 11) is 0. The normalized spacial score (nSPS) is 26.9. The number of ether oxygens (including phenoxy) is 1. The number of hydrazine groups is 1. The number of benzene rings is 2. The Bertz CT molecular complexity index is 688. The minimum Gasteiger partial charge on any atom is -0.436 e. The highest BCUT2D eigenvalue weighted by atomic mass is 16.6. The van der Waals surface area contributed by atoms with Gasteiger partial charge in [-0.25, -0.2) is 4.79 Å². The zero-order valence-corrected chi connectivity index (χ0v) is 13.2. The number of para-hydroxylation sites is 1. The number of rotatable bonds is 4. The number of hydrogen-bond acceptors (Lipinski definition) is 4. The summed E-state index contributed by atoms with van der Waals surface area (Å²) in [5, 5.41) is 12.1. The summed E-state index contributed by atoms with van der Waals surface area (Å²) in [5.41, 5.74) is 2.06. The molecule has 0 spiro atoms. The number of amides is 1. The highest BCUT2D eigenvalue weighted by Crippen LogP contribution is 2.39. The molecule has 1 aliphatic rings. The lowest BCUT2D eigenvalue weighted by Crippen LogP contribution is -2.57. The van der Waals surface area contributed by atoms with Gasteiger partial charge in [-0.05, 0) is 31.5 Å². The van der Waals surface area contributed by atoms with E-state index in [1.807, 2.05) is 60.7 Å². The van der Waals surface area contributed by atoms with Crippen molar-refractivity contribution in [1.82, 2.24) is 5.01 Å². The fraction of sp³-hybridized carbons (Fsp3) is 0.278. The summed E-state index contributed by atoms with van der Waals surface area (Å²) in [6, 6.07) is 18.9. The van der Waals surface area contributed by atoms with E-state index in [2.05, 4.69) is 5.43 Å². The number of nitrogens with zero attached hydrogens (tertiary/aromatic N) is 1. The molecule has 0 radical (unpaired) electrons. The molecule has 0 unspecified atom stereocenters. The maximum Gasteiger partial charge on any atom is 0.432 e. The molecule has 3 rings (SSSR count). The largest absolute Gasteiger partial charge is 0.436 e. The van der Waals surface area contributed by atoms with Gasteiger partial charge in [-0.3, -0.25) is 5.43 Å². The second kappa shape index (κ2) is 5.59. The van der Waals surface area contributed by atoms with E-state index < -0.39 is 17.4 Å². The monoisotopic (exact) mass is 312 g/mol. The van der Waals surface area contributed by atoms with Crippen molar-refractivity contribution in [3.63, 3.8) is 0 Å². The number of carbonyl (C=O) groups is 1. The molecule has 0 aliphatic carbocycles. The van der Waals surface area contributed by atoms with Gasteiger partial charge in [0.25, 0.3) is 0 Å². The Morgan fingerprint density at radius 3 is 2.22 bits per heavy atom. The van der Waals surface area contributed by atoms with Gasteiger partial charge in [0, 0.05) is 6.42 Å². The summed E-state index contributed by atoms with van der Waals surface area (Å²) >= 11 is 0. The number of anilines is 1. The SMILES string of the molecule is C[C@]1(O)N(Nc2ccccc2)C(=O)O[C@@]1(C)Cc1ccccc1. The fourth-order valence-electron chi connectivity index (χ4n) is 2.73. The van der Waals surface area contributed by atoms with Crippen LogP contribution >= 0.6 is 0 Å². The van der Waals surface area contributed by atoms with Crippen molar-refractivity contribution in [3.8, 4) is 0 Å². The molecule has 5 heteroatoms. The topological polar surface area (TPSA) is 61.8 Å². The molecule has 2 atom stereocenters. The van der Waals surface area contributed by atoms with Crippen LogP contribution in [0.25, 0.3) is 0 Å². The molecule has 2 aromatic rings. The van der Waals surface area contributed by atoms with Crippen LogP contribution in [0.4, 0.5) is 10.5 Å². The molecule has 0 aromatic heterocycles. The number of nitrogens with one attached hydrogen (secondary N) is 1. The predicted octanol–water partition coefficient (Wildman–Crippen LogP) is 3.18. The predicted molar refractivity (Wildman–Crippen MR) is 87.6 cm³/mol. The fourth-order valence-corrected chi connectivity index (χ4v) is 2.73. The van der Waals surface area contributed by atoms with Crippen molar-refractivity contribution in [1.29, 1.82) is 0 Å². The molecule has 1 fully saturated rings. The van der Waals surface area contributed by atoms with Crippen molar-refractivity contribution < 1.29 is 14.6 Å². The Hall–Kier alpha value is -2.53. The van der Waals surface area contributed by atoms with Gasteiger partial charge in [0.05, 0.1) is 5.69 Å². The van der Waals surface area contributed by atoms with Crippen LogP contribution in [0, 0.1) is 0 Å². The molecular formula is C18H20N2O3. The molecule has 2 aromatic carbocycles. The van der Waals surface area contributed by atoms with E-state index in [-0.39, 0.29) is 0 Å². The molecule has 120 valence electrons. The summed E-state index contributed by atoms with van der Waals surface area (Å²) in [6.07, 6.45) is -0.184. The van der Waals surface area contributed by atoms with Crippen molar-refractivity contribution in [3.05, 3.63) is 66.2 Å². The second-order valence-electron chi connectivity index (χ2n) is 6.10. The molecule has 0 bridgehead atoms. The van der Waals surface area contributed by atoms with E-state index in [0.29, 0.717) is 12.1 Å². The van der Waals surface area contributed by atoms with Crippen molar-refractivity contribution in [2.24, 2.45) is 0 Å². The lowest BCUT2D eigenvalue weighted by molar-refractivity contribution is -0.129. The number of hydrogen-bond donors (Lipinski definition) is 2. The highest BCUT2D eigenvalue weighted by molar-refractivity contribution is 5.74. The first-order valence-electron chi connectivity index (χ1n) is 7.54. The zero-order valence-electron chi connectivity index (χ0n) is 13.2. The van der Waals surface area contributed by atoms with Crippen LogP contribution in [0.2, 0.25) is 0 Å². The van der Waals surface area contributed by atoms with E-state index in [9.17, 15) is 9.90 Å². The minimum atomic E-state index is -1.50. The van der Waals surface area contributed by atoms with Gasteiger partial charge in [-0.1, -0.05) is 48.5 Å². The lowest BCUT2D eigenvalue weighted by Gasteiger charge is -2.37. The molecule has 0 saturated carbocycles.